The maximum absolute atomic E-state index is 13.1. The van der Waals surface area contributed by atoms with E-state index in [0.717, 1.165) is 35.5 Å². The zero-order chi connectivity index (χ0) is 24.8. The largest absolute Gasteiger partial charge is 0.403 e. The molecule has 3 atom stereocenters. The van der Waals surface area contributed by atoms with E-state index in [1.807, 2.05) is 66.7 Å². The minimum atomic E-state index is -0.976. The average molecular weight is 494 g/mol. The molecule has 0 aliphatic carbocycles. The third-order valence-electron chi connectivity index (χ3n) is 6.87. The van der Waals surface area contributed by atoms with Crippen molar-refractivity contribution in [3.63, 3.8) is 0 Å². The molecule has 10 nitrogen and oxygen atoms in total. The molecule has 0 spiro atoms. The fourth-order valence-corrected chi connectivity index (χ4v) is 5.14. The van der Waals surface area contributed by atoms with E-state index in [0.29, 0.717) is 29.9 Å². The number of anilines is 3. The second kappa shape index (κ2) is 8.82. The molecule has 0 radical (unpaired) electrons. The van der Waals surface area contributed by atoms with Crippen LogP contribution < -0.4 is 15.5 Å². The van der Waals surface area contributed by atoms with Crippen LogP contribution in [0.15, 0.2) is 82.3 Å². The van der Waals surface area contributed by atoms with Crippen LogP contribution in [0.3, 0.4) is 0 Å². The number of nitrogens with zero attached hydrogens (tertiary/aromatic N) is 5. The third-order valence-corrected chi connectivity index (χ3v) is 6.87. The Morgan fingerprint density at radius 1 is 0.973 bits per heavy atom. The maximum Gasteiger partial charge on any atom is 0.317 e. The quantitative estimate of drug-likeness (QED) is 0.435. The molecule has 37 heavy (non-hydrogen) atoms. The summed E-state index contributed by atoms with van der Waals surface area (Å²) in [5.74, 6) is 0.785. The summed E-state index contributed by atoms with van der Waals surface area (Å²) in [6.07, 6.45) is 2.01. The van der Waals surface area contributed by atoms with Crippen molar-refractivity contribution in [1.29, 1.82) is 0 Å². The standard InChI is InChI=1S/C27H23N7O3/c35-25-23(30-22(16-7-2-1-3-8-16)19-9-4-5-11-21(19)29-25)31-27-33-32-26(37-27)20-10-6-12-28-24(20)34-14-18-13-17(34)15-36-18/h1-12,17-18,23H,13-15H2,(H,29,35)(H,31,33)/t17-,18-,23?/m0/s1. The number of fused-ring (bicyclic) bond motifs is 3. The Labute approximate surface area is 212 Å². The molecule has 0 saturated carbocycles. The van der Waals surface area contributed by atoms with Gasteiger partial charge in [0.1, 0.15) is 5.82 Å². The number of rotatable bonds is 5. The van der Waals surface area contributed by atoms with E-state index in [-0.39, 0.29) is 18.0 Å². The Balaban J connectivity index is 1.20. The lowest BCUT2D eigenvalue weighted by Gasteiger charge is -2.28. The smallest absolute Gasteiger partial charge is 0.317 e. The van der Waals surface area contributed by atoms with E-state index in [1.54, 1.807) is 6.20 Å². The third kappa shape index (κ3) is 3.91. The van der Waals surface area contributed by atoms with Gasteiger partial charge in [-0.15, -0.1) is 5.10 Å². The highest BCUT2D eigenvalue weighted by molar-refractivity contribution is 6.19. The predicted molar refractivity (Wildman–Crippen MR) is 138 cm³/mol. The number of para-hydroxylation sites is 1. The van der Waals surface area contributed by atoms with Crippen molar-refractivity contribution < 1.29 is 13.9 Å². The van der Waals surface area contributed by atoms with Gasteiger partial charge in [-0.3, -0.25) is 4.79 Å². The van der Waals surface area contributed by atoms with E-state index < -0.39 is 6.17 Å². The summed E-state index contributed by atoms with van der Waals surface area (Å²) in [6, 6.07) is 21.5. The van der Waals surface area contributed by atoms with Gasteiger partial charge in [-0.2, -0.15) is 0 Å². The van der Waals surface area contributed by atoms with E-state index in [9.17, 15) is 4.79 Å². The molecule has 5 heterocycles. The van der Waals surface area contributed by atoms with Crippen molar-refractivity contribution in [3.05, 3.63) is 84.1 Å². The minimum Gasteiger partial charge on any atom is -0.403 e. The number of amides is 1. The summed E-state index contributed by atoms with van der Waals surface area (Å²) >= 11 is 0. The molecule has 2 aromatic heterocycles. The molecular formula is C27H23N7O3. The molecule has 184 valence electrons. The molecule has 2 bridgehead atoms. The fourth-order valence-electron chi connectivity index (χ4n) is 5.14. The molecule has 1 amide bonds. The van der Waals surface area contributed by atoms with Crippen LogP contribution in [0.5, 0.6) is 0 Å². The van der Waals surface area contributed by atoms with Crippen LogP contribution in [-0.4, -0.2) is 58.3 Å². The zero-order valence-corrected chi connectivity index (χ0v) is 19.7. The Kier molecular flexibility index (Phi) is 5.17. The van der Waals surface area contributed by atoms with Crippen LogP contribution in [0, 0.1) is 0 Å². The zero-order valence-electron chi connectivity index (χ0n) is 19.7. The van der Waals surface area contributed by atoms with Gasteiger partial charge in [-0.05, 0) is 24.6 Å². The van der Waals surface area contributed by atoms with Gasteiger partial charge in [0, 0.05) is 23.9 Å². The second-order valence-corrected chi connectivity index (χ2v) is 9.21. The molecule has 4 aromatic rings. The normalized spacial score (nSPS) is 22.3. The van der Waals surface area contributed by atoms with Crippen LogP contribution in [-0.2, 0) is 9.53 Å². The highest BCUT2D eigenvalue weighted by Crippen LogP contribution is 2.37. The van der Waals surface area contributed by atoms with Crippen molar-refractivity contribution in [2.24, 2.45) is 4.99 Å². The van der Waals surface area contributed by atoms with Gasteiger partial charge < -0.3 is 24.7 Å². The van der Waals surface area contributed by atoms with Gasteiger partial charge in [-0.25, -0.2) is 9.98 Å². The van der Waals surface area contributed by atoms with Crippen molar-refractivity contribution in [3.8, 4) is 11.5 Å². The van der Waals surface area contributed by atoms with Gasteiger partial charge in [0.2, 0.25) is 6.17 Å². The summed E-state index contributed by atoms with van der Waals surface area (Å²) < 4.78 is 11.7. The van der Waals surface area contributed by atoms with Crippen LogP contribution in [0.1, 0.15) is 17.5 Å². The molecule has 3 aliphatic rings. The molecule has 3 aliphatic heterocycles. The van der Waals surface area contributed by atoms with Crippen LogP contribution >= 0.6 is 0 Å². The van der Waals surface area contributed by atoms with Crippen LogP contribution in [0.25, 0.3) is 11.5 Å². The SMILES string of the molecule is O=C1Nc2ccccc2C(c2ccccc2)=NC1Nc1nnc(-c2cccnc2N2C[C@@H]3C[C@H]2CO3)o1. The van der Waals surface area contributed by atoms with Crippen molar-refractivity contribution in [2.45, 2.75) is 24.7 Å². The number of nitrogens with one attached hydrogen (secondary N) is 2. The molecular weight excluding hydrogens is 470 g/mol. The average Bonchev–Trinajstić information content (AvgIpc) is 3.68. The Morgan fingerprint density at radius 2 is 1.81 bits per heavy atom. The summed E-state index contributed by atoms with van der Waals surface area (Å²) in [5.41, 5.74) is 3.85. The lowest BCUT2D eigenvalue weighted by molar-refractivity contribution is -0.116. The van der Waals surface area contributed by atoms with Crippen molar-refractivity contribution in [2.75, 3.05) is 28.7 Å². The van der Waals surface area contributed by atoms with Gasteiger partial charge in [0.15, 0.2) is 0 Å². The lowest BCUT2D eigenvalue weighted by atomic mass is 10.0. The summed E-state index contributed by atoms with van der Waals surface area (Å²) in [7, 11) is 0. The number of aliphatic imine (C=N–C) groups is 1. The van der Waals surface area contributed by atoms with E-state index >= 15 is 0 Å². The van der Waals surface area contributed by atoms with Gasteiger partial charge in [0.25, 0.3) is 11.8 Å². The number of benzodiazepines with no additional fused rings is 1. The molecule has 10 heteroatoms. The highest BCUT2D eigenvalue weighted by atomic mass is 16.5. The Hall–Kier alpha value is -4.57. The number of morpholine rings is 1. The first-order valence-electron chi connectivity index (χ1n) is 12.2. The van der Waals surface area contributed by atoms with Crippen LogP contribution in [0.2, 0.25) is 0 Å². The number of hydrogen-bond donors (Lipinski definition) is 2. The number of carbonyl (C=O) groups is 1. The van der Waals surface area contributed by atoms with Gasteiger partial charge in [0.05, 0.1) is 35.7 Å². The van der Waals surface area contributed by atoms with E-state index in [2.05, 4.69) is 30.7 Å². The van der Waals surface area contributed by atoms with Crippen molar-refractivity contribution in [1.82, 2.24) is 15.2 Å². The van der Waals surface area contributed by atoms with Crippen LogP contribution in [0.4, 0.5) is 17.5 Å². The molecule has 2 saturated heterocycles. The minimum absolute atomic E-state index is 0.0957. The number of pyridine rings is 1. The monoisotopic (exact) mass is 493 g/mol. The molecule has 7 rings (SSSR count). The highest BCUT2D eigenvalue weighted by Gasteiger charge is 2.40. The van der Waals surface area contributed by atoms with Gasteiger partial charge >= 0.3 is 6.01 Å². The number of benzene rings is 2. The first kappa shape index (κ1) is 21.7. The first-order chi connectivity index (χ1) is 18.2. The molecule has 1 unspecified atom stereocenters. The predicted octanol–water partition coefficient (Wildman–Crippen LogP) is 3.34. The topological polar surface area (TPSA) is 118 Å². The number of carbonyl (C=O) groups excluding carboxylic acids is 1. The summed E-state index contributed by atoms with van der Waals surface area (Å²) in [6.45, 7) is 1.48. The first-order valence-corrected chi connectivity index (χ1v) is 12.2. The number of ether oxygens (including phenoxy) is 1. The maximum atomic E-state index is 13.1. The van der Waals surface area contributed by atoms with E-state index in [1.165, 1.54) is 0 Å². The Morgan fingerprint density at radius 3 is 2.65 bits per heavy atom. The van der Waals surface area contributed by atoms with E-state index in [4.69, 9.17) is 14.1 Å². The number of aromatic nitrogens is 3. The second-order valence-electron chi connectivity index (χ2n) is 9.21. The molecule has 2 aromatic carbocycles. The molecule has 2 N–H and O–H groups in total. The summed E-state index contributed by atoms with van der Waals surface area (Å²) in [5, 5.41) is 14.4. The fraction of sp³-hybridized carbons (Fsp3) is 0.222. The lowest BCUT2D eigenvalue weighted by Crippen LogP contribution is -2.37. The summed E-state index contributed by atoms with van der Waals surface area (Å²) in [4.78, 5) is 24.8. The van der Waals surface area contributed by atoms with Gasteiger partial charge in [-0.1, -0.05) is 53.6 Å². The Bertz CT molecular complexity index is 1500. The molecule has 2 fully saturated rings. The van der Waals surface area contributed by atoms with Crippen molar-refractivity contribution >= 4 is 29.1 Å². The number of hydrogen-bond acceptors (Lipinski definition) is 9.